The first-order valence-corrected chi connectivity index (χ1v) is 8.28. The smallest absolute Gasteiger partial charge is 0.251 e. The topological polar surface area (TPSA) is 78.4 Å². The minimum Gasteiger partial charge on any atom is -0.394 e. The average molecular weight is 341 g/mol. The molecule has 0 bridgehead atoms. The molecule has 0 aliphatic rings. The highest BCUT2D eigenvalue weighted by atomic mass is 35.5. The van der Waals surface area contributed by atoms with Crippen molar-refractivity contribution in [1.29, 1.82) is 0 Å². The summed E-state index contributed by atoms with van der Waals surface area (Å²) in [5.74, 6) is -0.621. The molecular formula is C17H25ClN2O3. The predicted octanol–water partition coefficient (Wildman–Crippen LogP) is 2.37. The van der Waals surface area contributed by atoms with E-state index in [9.17, 15) is 14.7 Å². The monoisotopic (exact) mass is 340 g/mol. The maximum Gasteiger partial charge on any atom is 0.251 e. The van der Waals surface area contributed by atoms with E-state index in [1.54, 1.807) is 24.3 Å². The van der Waals surface area contributed by atoms with Crippen LogP contribution >= 0.6 is 11.6 Å². The Balaban J connectivity index is 2.83. The van der Waals surface area contributed by atoms with Gasteiger partial charge in [-0.3, -0.25) is 9.59 Å². The number of halogens is 1. The van der Waals surface area contributed by atoms with E-state index < -0.39 is 6.04 Å². The van der Waals surface area contributed by atoms with Crippen molar-refractivity contribution in [3.05, 3.63) is 34.9 Å². The van der Waals surface area contributed by atoms with Crippen LogP contribution in [0, 0.1) is 5.92 Å². The largest absolute Gasteiger partial charge is 0.394 e. The Labute approximate surface area is 142 Å². The summed E-state index contributed by atoms with van der Waals surface area (Å²) >= 11 is 5.82. The molecule has 0 spiro atoms. The van der Waals surface area contributed by atoms with E-state index in [0.717, 1.165) is 6.42 Å². The zero-order chi connectivity index (χ0) is 17.4. The Morgan fingerprint density at radius 1 is 1.13 bits per heavy atom. The summed E-state index contributed by atoms with van der Waals surface area (Å²) < 4.78 is 0. The number of carbonyl (C=O) groups is 2. The van der Waals surface area contributed by atoms with E-state index in [4.69, 9.17) is 11.6 Å². The standard InChI is InChI=1S/C17H25ClN2O3/c1-4-11(3)15(17(23)19-14(5-2)10-21)20-16(22)12-6-8-13(18)9-7-12/h6-9,11,14-15,21H,4-5,10H2,1-3H3,(H,19,23)(H,20,22). The van der Waals surface area contributed by atoms with Gasteiger partial charge in [0.05, 0.1) is 12.6 Å². The lowest BCUT2D eigenvalue weighted by atomic mass is 9.97. The molecule has 1 aromatic carbocycles. The van der Waals surface area contributed by atoms with E-state index in [1.807, 2.05) is 20.8 Å². The van der Waals surface area contributed by atoms with Gasteiger partial charge in [0.1, 0.15) is 6.04 Å². The number of hydrogen-bond donors (Lipinski definition) is 3. The van der Waals surface area contributed by atoms with Crippen molar-refractivity contribution in [2.75, 3.05) is 6.61 Å². The Bertz CT molecular complexity index is 515. The van der Waals surface area contributed by atoms with Crippen LogP contribution in [0.4, 0.5) is 0 Å². The number of benzene rings is 1. The third-order valence-corrected chi connectivity index (χ3v) is 4.20. The first-order chi connectivity index (χ1) is 10.9. The van der Waals surface area contributed by atoms with E-state index in [1.165, 1.54) is 0 Å². The minimum absolute atomic E-state index is 0.0255. The average Bonchev–Trinajstić information content (AvgIpc) is 2.56. The second-order valence-corrected chi connectivity index (χ2v) is 6.08. The molecule has 0 aliphatic carbocycles. The number of hydrogen-bond acceptors (Lipinski definition) is 3. The van der Waals surface area contributed by atoms with Crippen LogP contribution in [-0.4, -0.2) is 35.6 Å². The van der Waals surface area contributed by atoms with Gasteiger partial charge in [0.15, 0.2) is 0 Å². The van der Waals surface area contributed by atoms with Gasteiger partial charge < -0.3 is 15.7 Å². The molecule has 1 aromatic rings. The van der Waals surface area contributed by atoms with Gasteiger partial charge >= 0.3 is 0 Å². The van der Waals surface area contributed by atoms with Crippen LogP contribution in [0.15, 0.2) is 24.3 Å². The van der Waals surface area contributed by atoms with Gasteiger partial charge in [-0.15, -0.1) is 0 Å². The number of aliphatic hydroxyl groups is 1. The Morgan fingerprint density at radius 2 is 1.74 bits per heavy atom. The maximum atomic E-state index is 12.4. The number of aliphatic hydroxyl groups excluding tert-OH is 1. The first kappa shape index (κ1) is 19.5. The molecule has 0 radical (unpaired) electrons. The van der Waals surface area contributed by atoms with Gasteiger partial charge in [-0.05, 0) is 36.6 Å². The van der Waals surface area contributed by atoms with Gasteiger partial charge in [-0.2, -0.15) is 0 Å². The molecule has 3 unspecified atom stereocenters. The molecule has 1 rings (SSSR count). The SMILES string of the molecule is CCC(CO)NC(=O)C(NC(=O)c1ccc(Cl)cc1)C(C)CC. The minimum atomic E-state index is -0.649. The molecule has 3 atom stereocenters. The van der Waals surface area contributed by atoms with Crippen molar-refractivity contribution in [1.82, 2.24) is 10.6 Å². The molecule has 0 aromatic heterocycles. The quantitative estimate of drug-likeness (QED) is 0.679. The lowest BCUT2D eigenvalue weighted by Crippen LogP contribution is -2.53. The Hall–Kier alpha value is -1.59. The van der Waals surface area contributed by atoms with Crippen molar-refractivity contribution < 1.29 is 14.7 Å². The molecule has 0 saturated heterocycles. The molecule has 0 saturated carbocycles. The fourth-order valence-electron chi connectivity index (χ4n) is 2.10. The number of nitrogens with one attached hydrogen (secondary N) is 2. The van der Waals surface area contributed by atoms with Crippen LogP contribution < -0.4 is 10.6 Å². The molecule has 0 heterocycles. The summed E-state index contributed by atoms with van der Waals surface area (Å²) in [6, 6.07) is 5.55. The number of rotatable bonds is 8. The van der Waals surface area contributed by atoms with Crippen LogP contribution in [0.2, 0.25) is 5.02 Å². The lowest BCUT2D eigenvalue weighted by Gasteiger charge is -2.25. The fourth-order valence-corrected chi connectivity index (χ4v) is 2.22. The summed E-state index contributed by atoms with van der Waals surface area (Å²) in [4.78, 5) is 24.8. The first-order valence-electron chi connectivity index (χ1n) is 7.90. The van der Waals surface area contributed by atoms with Crippen molar-refractivity contribution in [3.63, 3.8) is 0 Å². The number of amides is 2. The highest BCUT2D eigenvalue weighted by Crippen LogP contribution is 2.12. The van der Waals surface area contributed by atoms with E-state index in [-0.39, 0.29) is 30.4 Å². The Morgan fingerprint density at radius 3 is 2.22 bits per heavy atom. The molecule has 23 heavy (non-hydrogen) atoms. The van der Waals surface area contributed by atoms with Crippen LogP contribution in [0.1, 0.15) is 44.0 Å². The molecule has 5 nitrogen and oxygen atoms in total. The van der Waals surface area contributed by atoms with Crippen molar-refractivity contribution in [2.24, 2.45) is 5.92 Å². The van der Waals surface area contributed by atoms with Gasteiger partial charge in [0, 0.05) is 10.6 Å². The Kier molecular flexibility index (Phi) is 8.06. The van der Waals surface area contributed by atoms with Gasteiger partial charge in [0.25, 0.3) is 5.91 Å². The molecule has 0 fully saturated rings. The summed E-state index contributed by atoms with van der Waals surface area (Å²) in [7, 11) is 0. The van der Waals surface area contributed by atoms with E-state index >= 15 is 0 Å². The van der Waals surface area contributed by atoms with Crippen molar-refractivity contribution in [2.45, 2.75) is 45.7 Å². The fraction of sp³-hybridized carbons (Fsp3) is 0.529. The van der Waals surface area contributed by atoms with Crippen molar-refractivity contribution >= 4 is 23.4 Å². The van der Waals surface area contributed by atoms with Crippen LogP contribution in [-0.2, 0) is 4.79 Å². The molecule has 128 valence electrons. The normalized spacial score (nSPS) is 14.7. The third-order valence-electron chi connectivity index (χ3n) is 3.95. The highest BCUT2D eigenvalue weighted by Gasteiger charge is 2.27. The van der Waals surface area contributed by atoms with Crippen LogP contribution in [0.25, 0.3) is 0 Å². The summed E-state index contributed by atoms with van der Waals surface area (Å²) in [5.41, 5.74) is 0.449. The zero-order valence-electron chi connectivity index (χ0n) is 13.8. The highest BCUT2D eigenvalue weighted by molar-refractivity contribution is 6.30. The van der Waals surface area contributed by atoms with Crippen LogP contribution in [0.5, 0.6) is 0 Å². The van der Waals surface area contributed by atoms with E-state index in [0.29, 0.717) is 17.0 Å². The zero-order valence-corrected chi connectivity index (χ0v) is 14.6. The van der Waals surface area contributed by atoms with Gasteiger partial charge in [-0.25, -0.2) is 0 Å². The third kappa shape index (κ3) is 5.84. The molecule has 2 amide bonds. The van der Waals surface area contributed by atoms with Crippen LogP contribution in [0.3, 0.4) is 0 Å². The number of carbonyl (C=O) groups excluding carboxylic acids is 2. The molecule has 3 N–H and O–H groups in total. The van der Waals surface area contributed by atoms with E-state index in [2.05, 4.69) is 10.6 Å². The van der Waals surface area contributed by atoms with Gasteiger partial charge in [-0.1, -0.05) is 38.8 Å². The maximum absolute atomic E-state index is 12.4. The lowest BCUT2D eigenvalue weighted by molar-refractivity contribution is -0.125. The summed E-state index contributed by atoms with van der Waals surface area (Å²) in [6.45, 7) is 5.63. The van der Waals surface area contributed by atoms with Crippen molar-refractivity contribution in [3.8, 4) is 0 Å². The second kappa shape index (κ2) is 9.53. The molecular weight excluding hydrogens is 316 g/mol. The molecule has 0 aliphatic heterocycles. The molecule has 6 heteroatoms. The van der Waals surface area contributed by atoms with Gasteiger partial charge in [0.2, 0.25) is 5.91 Å². The predicted molar refractivity (Wildman–Crippen MR) is 91.5 cm³/mol. The summed E-state index contributed by atoms with van der Waals surface area (Å²) in [6.07, 6.45) is 1.37. The second-order valence-electron chi connectivity index (χ2n) is 5.64. The summed E-state index contributed by atoms with van der Waals surface area (Å²) in [5, 5.41) is 15.3.